The van der Waals surface area contributed by atoms with Crippen LogP contribution in [0.2, 0.25) is 5.02 Å². The van der Waals surface area contributed by atoms with Gasteiger partial charge in [-0.15, -0.1) is 11.3 Å². The molecule has 1 aromatic carbocycles. The van der Waals surface area contributed by atoms with Crippen molar-refractivity contribution in [1.29, 1.82) is 0 Å². The molecule has 0 unspecified atom stereocenters. The molecule has 96 valence electrons. The summed E-state index contributed by atoms with van der Waals surface area (Å²) in [5.74, 6) is -0.391. The molecule has 0 spiro atoms. The lowest BCUT2D eigenvalue weighted by Gasteiger charge is -1.97. The van der Waals surface area contributed by atoms with Crippen LogP contribution in [0, 0.1) is 10.1 Å². The van der Waals surface area contributed by atoms with E-state index in [-0.39, 0.29) is 0 Å². The van der Waals surface area contributed by atoms with Crippen LogP contribution in [-0.4, -0.2) is 19.7 Å². The van der Waals surface area contributed by atoms with E-state index in [0.29, 0.717) is 11.6 Å². The van der Waals surface area contributed by atoms with Crippen molar-refractivity contribution in [3.05, 3.63) is 50.6 Å². The van der Waals surface area contributed by atoms with Crippen LogP contribution in [0.15, 0.2) is 29.9 Å². The van der Waals surface area contributed by atoms with Crippen LogP contribution in [0.25, 0.3) is 10.1 Å². The summed E-state index contributed by atoms with van der Waals surface area (Å²) in [6, 6.07) is 5.69. The first kappa shape index (κ1) is 12.1. The number of fused-ring (bicyclic) bond motifs is 1. The Kier molecular flexibility index (Phi) is 2.92. The summed E-state index contributed by atoms with van der Waals surface area (Å²) >= 11 is 7.65. The number of thiophene rings is 1. The molecule has 2 aromatic heterocycles. The van der Waals surface area contributed by atoms with Crippen LogP contribution in [0.3, 0.4) is 0 Å². The Morgan fingerprint density at radius 3 is 3.05 bits per heavy atom. The van der Waals surface area contributed by atoms with Gasteiger partial charge in [-0.05, 0) is 27.3 Å². The van der Waals surface area contributed by atoms with Gasteiger partial charge in [-0.2, -0.15) is 4.68 Å². The maximum atomic E-state index is 10.5. The highest BCUT2D eigenvalue weighted by atomic mass is 35.5. The summed E-state index contributed by atoms with van der Waals surface area (Å²) in [5.41, 5.74) is 1.02. The summed E-state index contributed by atoms with van der Waals surface area (Å²) in [5, 5.41) is 18.0. The van der Waals surface area contributed by atoms with Crippen LogP contribution in [0.4, 0.5) is 5.95 Å². The molecule has 19 heavy (non-hydrogen) atoms. The highest BCUT2D eigenvalue weighted by molar-refractivity contribution is 7.18. The summed E-state index contributed by atoms with van der Waals surface area (Å²) in [4.78, 5) is 13.5. The standard InChI is InChI=1S/C11H7ClN4O2S/c12-9-3-1-2-8-7(5-19-10(8)9)4-15-6-13-11(14-15)16(17)18/h1-3,5-6H,4H2. The molecule has 2 heterocycles. The van der Waals surface area contributed by atoms with Gasteiger partial charge in [0, 0.05) is 5.10 Å². The van der Waals surface area contributed by atoms with E-state index in [4.69, 9.17) is 11.6 Å². The Balaban J connectivity index is 1.96. The number of hydrogen-bond donors (Lipinski definition) is 0. The number of benzene rings is 1. The van der Waals surface area contributed by atoms with Crippen LogP contribution in [-0.2, 0) is 6.54 Å². The molecular formula is C11H7ClN4O2S. The topological polar surface area (TPSA) is 73.8 Å². The quantitative estimate of drug-likeness (QED) is 0.549. The molecule has 0 amide bonds. The number of aromatic nitrogens is 3. The SMILES string of the molecule is O=[N+]([O-])c1ncn(Cc2csc3c(Cl)cccc23)n1. The van der Waals surface area contributed by atoms with Crippen molar-refractivity contribution in [3.63, 3.8) is 0 Å². The minimum absolute atomic E-state index is 0.391. The number of rotatable bonds is 3. The van der Waals surface area contributed by atoms with E-state index in [1.807, 2.05) is 23.6 Å². The van der Waals surface area contributed by atoms with Crippen LogP contribution < -0.4 is 0 Å². The molecular weight excluding hydrogens is 288 g/mol. The third kappa shape index (κ3) is 2.18. The van der Waals surface area contributed by atoms with E-state index in [1.165, 1.54) is 11.0 Å². The summed E-state index contributed by atoms with van der Waals surface area (Å²) < 4.78 is 2.45. The third-order valence-electron chi connectivity index (χ3n) is 2.65. The molecule has 0 aliphatic heterocycles. The normalized spacial score (nSPS) is 11.0. The zero-order valence-electron chi connectivity index (χ0n) is 9.49. The Labute approximate surface area is 116 Å². The van der Waals surface area contributed by atoms with Gasteiger partial charge in [-0.25, -0.2) is 0 Å². The molecule has 0 N–H and O–H groups in total. The number of nitrogens with zero attached hydrogens (tertiary/aromatic N) is 4. The maximum absolute atomic E-state index is 10.5. The van der Waals surface area contributed by atoms with Gasteiger partial charge in [0.25, 0.3) is 0 Å². The zero-order chi connectivity index (χ0) is 13.4. The fourth-order valence-corrected chi connectivity index (χ4v) is 3.09. The van der Waals surface area contributed by atoms with Crippen molar-refractivity contribution in [1.82, 2.24) is 14.8 Å². The van der Waals surface area contributed by atoms with Gasteiger partial charge in [0.15, 0.2) is 0 Å². The molecule has 3 rings (SSSR count). The zero-order valence-corrected chi connectivity index (χ0v) is 11.1. The van der Waals surface area contributed by atoms with E-state index in [2.05, 4.69) is 10.1 Å². The van der Waals surface area contributed by atoms with Gasteiger partial charge in [0.05, 0.1) is 16.3 Å². The average molecular weight is 295 g/mol. The van der Waals surface area contributed by atoms with Crippen molar-refractivity contribution in [2.75, 3.05) is 0 Å². The Bertz CT molecular complexity index is 767. The second kappa shape index (κ2) is 4.60. The van der Waals surface area contributed by atoms with E-state index in [1.54, 1.807) is 11.3 Å². The first-order chi connectivity index (χ1) is 9.15. The van der Waals surface area contributed by atoms with E-state index < -0.39 is 10.9 Å². The van der Waals surface area contributed by atoms with Crippen LogP contribution >= 0.6 is 22.9 Å². The van der Waals surface area contributed by atoms with E-state index >= 15 is 0 Å². The molecule has 0 saturated carbocycles. The molecule has 0 atom stereocenters. The minimum Gasteiger partial charge on any atom is -0.390 e. The fourth-order valence-electron chi connectivity index (χ4n) is 1.82. The van der Waals surface area contributed by atoms with Gasteiger partial charge in [-0.3, -0.25) is 0 Å². The minimum atomic E-state index is -0.612. The lowest BCUT2D eigenvalue weighted by atomic mass is 10.2. The maximum Gasteiger partial charge on any atom is 0.490 e. The predicted molar refractivity (Wildman–Crippen MR) is 72.6 cm³/mol. The summed E-state index contributed by atoms with van der Waals surface area (Å²) in [6.07, 6.45) is 1.35. The average Bonchev–Trinajstić information content (AvgIpc) is 2.98. The number of halogens is 1. The van der Waals surface area contributed by atoms with Crippen molar-refractivity contribution in [2.45, 2.75) is 6.54 Å². The Hall–Kier alpha value is -1.99. The van der Waals surface area contributed by atoms with Gasteiger partial charge < -0.3 is 10.1 Å². The van der Waals surface area contributed by atoms with Gasteiger partial charge in [0.2, 0.25) is 6.33 Å². The highest BCUT2D eigenvalue weighted by Crippen LogP contribution is 2.32. The molecule has 6 nitrogen and oxygen atoms in total. The number of hydrogen-bond acceptors (Lipinski definition) is 5. The van der Waals surface area contributed by atoms with Crippen molar-refractivity contribution < 1.29 is 4.92 Å². The smallest absolute Gasteiger partial charge is 0.390 e. The molecule has 0 aliphatic carbocycles. The lowest BCUT2D eigenvalue weighted by Crippen LogP contribution is -2.00. The fraction of sp³-hybridized carbons (Fsp3) is 0.0909. The first-order valence-corrected chi connectivity index (χ1v) is 6.59. The van der Waals surface area contributed by atoms with Crippen LogP contribution in [0.1, 0.15) is 5.56 Å². The van der Waals surface area contributed by atoms with Crippen molar-refractivity contribution in [2.24, 2.45) is 0 Å². The van der Waals surface area contributed by atoms with E-state index in [9.17, 15) is 10.1 Å². The molecule has 8 heteroatoms. The van der Waals surface area contributed by atoms with E-state index in [0.717, 1.165) is 15.6 Å². The van der Waals surface area contributed by atoms with Gasteiger partial charge >= 0.3 is 5.95 Å². The molecule has 0 fully saturated rings. The second-order valence-electron chi connectivity index (χ2n) is 3.88. The molecule has 0 bridgehead atoms. The van der Waals surface area contributed by atoms with Crippen molar-refractivity contribution >= 4 is 39.0 Å². The Morgan fingerprint density at radius 2 is 2.32 bits per heavy atom. The highest BCUT2D eigenvalue weighted by Gasteiger charge is 2.15. The molecule has 0 aliphatic rings. The summed E-state index contributed by atoms with van der Waals surface area (Å²) in [7, 11) is 0. The monoisotopic (exact) mass is 294 g/mol. The Morgan fingerprint density at radius 1 is 1.47 bits per heavy atom. The lowest BCUT2D eigenvalue weighted by molar-refractivity contribution is -0.394. The van der Waals surface area contributed by atoms with Crippen molar-refractivity contribution in [3.8, 4) is 0 Å². The third-order valence-corrected chi connectivity index (χ3v) is 4.16. The van der Waals surface area contributed by atoms with Crippen LogP contribution in [0.5, 0.6) is 0 Å². The predicted octanol–water partition coefficient (Wildman–Crippen LogP) is 3.10. The molecule has 0 saturated heterocycles. The largest absolute Gasteiger partial charge is 0.490 e. The van der Waals surface area contributed by atoms with Gasteiger partial charge in [-0.1, -0.05) is 28.7 Å². The second-order valence-corrected chi connectivity index (χ2v) is 5.16. The molecule has 0 radical (unpaired) electrons. The van der Waals surface area contributed by atoms with Gasteiger partial charge in [0.1, 0.15) is 0 Å². The first-order valence-electron chi connectivity index (χ1n) is 5.33. The summed E-state index contributed by atoms with van der Waals surface area (Å²) in [6.45, 7) is 0.432. The number of nitro groups is 1. The molecule has 3 aromatic rings.